The van der Waals surface area contributed by atoms with E-state index in [1.807, 2.05) is 37.6 Å². The molecule has 0 aliphatic rings. The zero-order chi connectivity index (χ0) is 19.3. The Hall–Kier alpha value is -2.21. The summed E-state index contributed by atoms with van der Waals surface area (Å²) in [7, 11) is -4.20. The van der Waals surface area contributed by atoms with E-state index in [1.54, 1.807) is 24.3 Å². The molecule has 25 heavy (non-hydrogen) atoms. The first-order valence-electron chi connectivity index (χ1n) is 7.72. The van der Waals surface area contributed by atoms with Gasteiger partial charge in [-0.3, -0.25) is 9.59 Å². The second kappa shape index (κ2) is 11.4. The first-order valence-corrected chi connectivity index (χ1v) is 13.7. The van der Waals surface area contributed by atoms with Crippen LogP contribution in [0.4, 0.5) is 0 Å². The summed E-state index contributed by atoms with van der Waals surface area (Å²) in [5, 5.41) is 16.7. The Morgan fingerprint density at radius 1 is 0.840 bits per heavy atom. The highest BCUT2D eigenvalue weighted by atomic mass is 28.4. The Bertz CT molecular complexity index is 549. The van der Waals surface area contributed by atoms with Crippen LogP contribution >= 0.6 is 0 Å². The smallest absolute Gasteiger partial charge is 0.320 e. The highest BCUT2D eigenvalue weighted by Gasteiger charge is 2.29. The van der Waals surface area contributed by atoms with Crippen LogP contribution in [-0.2, 0) is 23.2 Å². The zero-order valence-corrected chi connectivity index (χ0v) is 17.1. The number of nitrogens with zero attached hydrogens (tertiary/aromatic N) is 2. The SMILES string of the molecule is C[Si](C)(C=CCOC(=O)CC#N)O[Si](C)(C)C=CCOC(=O)CC#N. The maximum absolute atomic E-state index is 11.1. The van der Waals surface area contributed by atoms with Gasteiger partial charge in [0.2, 0.25) is 0 Å². The lowest BCUT2D eigenvalue weighted by Gasteiger charge is -2.29. The molecule has 0 aliphatic heterocycles. The van der Waals surface area contributed by atoms with Gasteiger partial charge in [-0.1, -0.05) is 23.6 Å². The van der Waals surface area contributed by atoms with Crippen molar-refractivity contribution in [2.45, 2.75) is 39.0 Å². The van der Waals surface area contributed by atoms with Crippen molar-refractivity contribution in [2.75, 3.05) is 13.2 Å². The monoisotopic (exact) mass is 380 g/mol. The molecule has 0 saturated carbocycles. The van der Waals surface area contributed by atoms with E-state index in [9.17, 15) is 9.59 Å². The van der Waals surface area contributed by atoms with Crippen LogP contribution in [0.1, 0.15) is 12.8 Å². The van der Waals surface area contributed by atoms with Gasteiger partial charge in [-0.05, 0) is 26.2 Å². The third kappa shape index (κ3) is 12.8. The molecule has 0 rings (SSSR count). The van der Waals surface area contributed by atoms with Crippen molar-refractivity contribution in [3.63, 3.8) is 0 Å². The minimum Gasteiger partial charge on any atom is -0.461 e. The molecule has 0 spiro atoms. The van der Waals surface area contributed by atoms with Gasteiger partial charge in [-0.25, -0.2) is 0 Å². The molecule has 0 atom stereocenters. The lowest BCUT2D eigenvalue weighted by atomic mass is 10.5. The Balaban J connectivity index is 4.40. The zero-order valence-electron chi connectivity index (χ0n) is 15.1. The van der Waals surface area contributed by atoms with Crippen molar-refractivity contribution in [1.29, 1.82) is 10.5 Å². The van der Waals surface area contributed by atoms with Crippen LogP contribution < -0.4 is 0 Å². The van der Waals surface area contributed by atoms with Crippen molar-refractivity contribution >= 4 is 28.6 Å². The lowest BCUT2D eigenvalue weighted by Crippen LogP contribution is -2.42. The molecule has 0 aromatic heterocycles. The molecule has 9 heteroatoms. The van der Waals surface area contributed by atoms with Crippen LogP contribution in [0.2, 0.25) is 26.2 Å². The Labute approximate surface area is 150 Å². The van der Waals surface area contributed by atoms with Crippen molar-refractivity contribution < 1.29 is 23.2 Å². The number of hydrogen-bond donors (Lipinski definition) is 0. The van der Waals surface area contributed by atoms with Gasteiger partial charge in [-0.2, -0.15) is 10.5 Å². The molecule has 136 valence electrons. The second-order valence-corrected chi connectivity index (χ2v) is 14.0. The Morgan fingerprint density at radius 2 is 1.20 bits per heavy atom. The fourth-order valence-electron chi connectivity index (χ4n) is 1.92. The molecule has 0 fully saturated rings. The second-order valence-electron chi connectivity index (χ2n) is 6.15. The summed E-state index contributed by atoms with van der Waals surface area (Å²) in [5.74, 6) is -1.09. The molecule has 7 nitrogen and oxygen atoms in total. The van der Waals surface area contributed by atoms with E-state index >= 15 is 0 Å². The van der Waals surface area contributed by atoms with Gasteiger partial charge < -0.3 is 13.6 Å². The summed E-state index contributed by atoms with van der Waals surface area (Å²) in [6.45, 7) is 8.33. The molecular weight excluding hydrogens is 356 g/mol. The first kappa shape index (κ1) is 22.8. The minimum absolute atomic E-state index is 0.118. The topological polar surface area (TPSA) is 109 Å². The van der Waals surface area contributed by atoms with Crippen LogP contribution in [0.3, 0.4) is 0 Å². The van der Waals surface area contributed by atoms with Gasteiger partial charge in [-0.15, -0.1) is 0 Å². The van der Waals surface area contributed by atoms with Crippen molar-refractivity contribution in [3.8, 4) is 12.1 Å². The van der Waals surface area contributed by atoms with Gasteiger partial charge >= 0.3 is 11.9 Å². The van der Waals surface area contributed by atoms with E-state index in [1.165, 1.54) is 0 Å². The molecule has 0 aromatic carbocycles. The molecule has 0 N–H and O–H groups in total. The number of nitriles is 2. The van der Waals surface area contributed by atoms with E-state index in [4.69, 9.17) is 24.1 Å². The predicted octanol–water partition coefficient (Wildman–Crippen LogP) is 2.52. The van der Waals surface area contributed by atoms with Crippen molar-refractivity contribution in [3.05, 3.63) is 23.6 Å². The number of hydrogen-bond acceptors (Lipinski definition) is 7. The van der Waals surface area contributed by atoms with Crippen LogP contribution in [-0.4, -0.2) is 41.8 Å². The maximum Gasteiger partial charge on any atom is 0.320 e. The van der Waals surface area contributed by atoms with Gasteiger partial charge in [0.1, 0.15) is 26.1 Å². The molecular formula is C16H24N2O5Si2. The van der Waals surface area contributed by atoms with E-state index < -0.39 is 28.6 Å². The highest BCUT2D eigenvalue weighted by molar-refractivity contribution is 6.89. The summed E-state index contributed by atoms with van der Waals surface area (Å²) >= 11 is 0. The average molecular weight is 381 g/mol. The van der Waals surface area contributed by atoms with Gasteiger partial charge in [0.25, 0.3) is 0 Å². The molecule has 0 aromatic rings. The van der Waals surface area contributed by atoms with Gasteiger partial charge in [0, 0.05) is 0 Å². The summed E-state index contributed by atoms with van der Waals surface area (Å²) in [6, 6.07) is 3.46. The van der Waals surface area contributed by atoms with Crippen LogP contribution in [0.15, 0.2) is 23.6 Å². The highest BCUT2D eigenvalue weighted by Crippen LogP contribution is 2.16. The quantitative estimate of drug-likeness (QED) is 0.423. The molecule has 0 unspecified atom stereocenters. The van der Waals surface area contributed by atoms with Gasteiger partial charge in [0.05, 0.1) is 12.1 Å². The van der Waals surface area contributed by atoms with E-state index in [0.29, 0.717) is 0 Å². The van der Waals surface area contributed by atoms with E-state index in [0.717, 1.165) is 0 Å². The van der Waals surface area contributed by atoms with Crippen LogP contribution in [0.25, 0.3) is 0 Å². The molecule has 0 amide bonds. The number of rotatable bonds is 10. The molecule has 0 radical (unpaired) electrons. The maximum atomic E-state index is 11.1. The standard InChI is InChI=1S/C16H24N2O5Si2/c1-24(2,13-5-11-21-15(19)7-9-17)23-25(3,4)14-6-12-22-16(20)8-10-18/h5-6,13-14H,7-8,11-12H2,1-4H3. The third-order valence-corrected chi connectivity index (χ3v) is 8.98. The predicted molar refractivity (Wildman–Crippen MR) is 96.7 cm³/mol. The fraction of sp³-hybridized carbons (Fsp3) is 0.500. The van der Waals surface area contributed by atoms with E-state index in [2.05, 4.69) is 0 Å². The van der Waals surface area contributed by atoms with Crippen molar-refractivity contribution in [2.24, 2.45) is 0 Å². The average Bonchev–Trinajstić information content (AvgIpc) is 2.48. The number of ether oxygens (including phenoxy) is 2. The van der Waals surface area contributed by atoms with Crippen LogP contribution in [0, 0.1) is 22.7 Å². The van der Waals surface area contributed by atoms with Gasteiger partial charge in [0.15, 0.2) is 16.6 Å². The summed E-state index contributed by atoms with van der Waals surface area (Å²) in [4.78, 5) is 22.2. The molecule has 0 aliphatic carbocycles. The van der Waals surface area contributed by atoms with Crippen LogP contribution in [0.5, 0.6) is 0 Å². The fourth-order valence-corrected chi connectivity index (χ4v) is 9.22. The number of carbonyl (C=O) groups is 2. The van der Waals surface area contributed by atoms with E-state index in [-0.39, 0.29) is 26.1 Å². The normalized spacial score (nSPS) is 11.9. The lowest BCUT2D eigenvalue weighted by molar-refractivity contribution is -0.142. The summed E-state index contributed by atoms with van der Waals surface area (Å²) < 4.78 is 16.0. The molecule has 0 bridgehead atoms. The minimum atomic E-state index is -2.10. The number of carbonyl (C=O) groups excluding carboxylic acids is 2. The summed E-state index contributed by atoms with van der Waals surface area (Å²) in [5.41, 5.74) is 3.87. The Morgan fingerprint density at radius 3 is 1.52 bits per heavy atom. The first-order chi connectivity index (χ1) is 11.6. The number of esters is 2. The molecule has 0 saturated heterocycles. The largest absolute Gasteiger partial charge is 0.461 e. The molecule has 0 heterocycles. The Kier molecular flexibility index (Phi) is 10.4. The van der Waals surface area contributed by atoms with Crippen molar-refractivity contribution in [1.82, 2.24) is 0 Å². The third-order valence-electron chi connectivity index (χ3n) is 2.69. The summed E-state index contributed by atoms with van der Waals surface area (Å²) in [6.07, 6.45) is 2.96.